The summed E-state index contributed by atoms with van der Waals surface area (Å²) in [6, 6.07) is 7.36. The van der Waals surface area contributed by atoms with Crippen LogP contribution in [0.3, 0.4) is 0 Å². The van der Waals surface area contributed by atoms with E-state index in [1.165, 1.54) is 14.5 Å². The lowest BCUT2D eigenvalue weighted by atomic mass is 10.0. The summed E-state index contributed by atoms with van der Waals surface area (Å²) in [5.41, 5.74) is 2.32. The minimum atomic E-state index is -0.365. The highest BCUT2D eigenvalue weighted by Crippen LogP contribution is 2.26. The van der Waals surface area contributed by atoms with E-state index in [1.807, 2.05) is 0 Å². The van der Waals surface area contributed by atoms with Crippen molar-refractivity contribution < 1.29 is 4.39 Å². The van der Waals surface area contributed by atoms with Crippen LogP contribution in [0.1, 0.15) is 24.1 Å². The highest BCUT2D eigenvalue weighted by molar-refractivity contribution is 14.1. The number of likely N-dealkylation sites (N-methyl/N-ethyl adjacent to an activating group) is 1. The molecule has 0 spiro atoms. The number of hydrogen-bond acceptors (Lipinski definition) is 2. The second-order valence-electron chi connectivity index (χ2n) is 4.25. The Bertz CT molecular complexity index is 558. The fourth-order valence-electron chi connectivity index (χ4n) is 1.96. The zero-order chi connectivity index (χ0) is 13.8. The van der Waals surface area contributed by atoms with Gasteiger partial charge in [0, 0.05) is 6.04 Å². The van der Waals surface area contributed by atoms with Crippen LogP contribution in [0.5, 0.6) is 0 Å². The van der Waals surface area contributed by atoms with Gasteiger partial charge >= 0.3 is 0 Å². The largest absolute Gasteiger partial charge is 0.310 e. The summed E-state index contributed by atoms with van der Waals surface area (Å²) in [6.07, 6.45) is 0.806. The van der Waals surface area contributed by atoms with Crippen molar-refractivity contribution >= 4 is 45.5 Å². The first kappa shape index (κ1) is 15.2. The van der Waals surface area contributed by atoms with Crippen molar-refractivity contribution in [3.8, 4) is 0 Å². The third-order valence-electron chi connectivity index (χ3n) is 2.86. The molecule has 1 heterocycles. The van der Waals surface area contributed by atoms with Gasteiger partial charge < -0.3 is 5.32 Å². The van der Waals surface area contributed by atoms with E-state index in [-0.39, 0.29) is 16.9 Å². The summed E-state index contributed by atoms with van der Waals surface area (Å²) in [6.45, 7) is 2.98. The molecule has 0 bridgehead atoms. The van der Waals surface area contributed by atoms with Gasteiger partial charge in [-0.15, -0.1) is 11.3 Å². The lowest BCUT2D eigenvalue weighted by Gasteiger charge is -2.17. The van der Waals surface area contributed by atoms with Crippen molar-refractivity contribution in [2.75, 3.05) is 6.54 Å². The zero-order valence-corrected chi connectivity index (χ0v) is 14.2. The highest BCUT2D eigenvalue weighted by Gasteiger charge is 2.13. The Balaban J connectivity index is 2.18. The fraction of sp³-hybridized carbons (Fsp3) is 0.286. The maximum Gasteiger partial charge on any atom is 0.141 e. The molecule has 0 saturated carbocycles. The molecule has 19 heavy (non-hydrogen) atoms. The van der Waals surface area contributed by atoms with Crippen LogP contribution in [-0.2, 0) is 6.42 Å². The van der Waals surface area contributed by atoms with Gasteiger partial charge in [0.05, 0.1) is 7.91 Å². The predicted octanol–water partition coefficient (Wildman–Crippen LogP) is 5.04. The van der Waals surface area contributed by atoms with E-state index >= 15 is 0 Å². The minimum Gasteiger partial charge on any atom is -0.310 e. The summed E-state index contributed by atoms with van der Waals surface area (Å²) < 4.78 is 14.4. The van der Waals surface area contributed by atoms with E-state index in [2.05, 4.69) is 46.3 Å². The third kappa shape index (κ3) is 4.15. The Morgan fingerprint density at radius 3 is 2.79 bits per heavy atom. The van der Waals surface area contributed by atoms with E-state index in [0.29, 0.717) is 0 Å². The summed E-state index contributed by atoms with van der Waals surface area (Å²) in [5.74, 6) is -0.365. The topological polar surface area (TPSA) is 12.0 Å². The molecule has 0 aliphatic rings. The average molecular weight is 410 g/mol. The van der Waals surface area contributed by atoms with Gasteiger partial charge in [-0.2, -0.15) is 0 Å². The number of halogens is 3. The van der Waals surface area contributed by atoms with Crippen LogP contribution in [0.2, 0.25) is 5.02 Å². The minimum absolute atomic E-state index is 0.188. The molecule has 0 aliphatic carbocycles. The lowest BCUT2D eigenvalue weighted by molar-refractivity contribution is 0.550. The van der Waals surface area contributed by atoms with Crippen molar-refractivity contribution in [1.29, 1.82) is 0 Å². The Morgan fingerprint density at radius 1 is 1.42 bits per heavy atom. The SMILES string of the molecule is CCNC(Cc1ccc(F)c(Cl)c1)c1csc(I)c1. The standard InChI is InChI=1S/C14H14ClFINS/c1-2-18-13(10-7-14(17)19-8-10)6-9-3-4-12(16)11(15)5-9/h3-5,7-8,13,18H,2,6H2,1H3. The van der Waals surface area contributed by atoms with Crippen LogP contribution in [0, 0.1) is 8.70 Å². The van der Waals surface area contributed by atoms with Crippen LogP contribution in [0.15, 0.2) is 29.6 Å². The smallest absolute Gasteiger partial charge is 0.141 e. The molecule has 1 aromatic carbocycles. The van der Waals surface area contributed by atoms with Crippen molar-refractivity contribution in [3.63, 3.8) is 0 Å². The first-order chi connectivity index (χ1) is 9.10. The molecule has 1 nitrogen and oxygen atoms in total. The number of benzene rings is 1. The third-order valence-corrected chi connectivity index (χ3v) is 4.96. The van der Waals surface area contributed by atoms with Crippen LogP contribution in [0.4, 0.5) is 4.39 Å². The number of thiophene rings is 1. The molecule has 0 amide bonds. The Hall–Kier alpha value is -0.170. The number of hydrogen-bond donors (Lipinski definition) is 1. The molecular formula is C14H14ClFINS. The van der Waals surface area contributed by atoms with Gasteiger partial charge in [0.2, 0.25) is 0 Å². The maximum absolute atomic E-state index is 13.2. The van der Waals surface area contributed by atoms with Gasteiger partial charge in [0.1, 0.15) is 5.82 Å². The summed E-state index contributed by atoms with van der Waals surface area (Å²) in [4.78, 5) is 0. The van der Waals surface area contributed by atoms with Gasteiger partial charge in [-0.05, 0) is 70.3 Å². The second kappa shape index (κ2) is 7.02. The van der Waals surface area contributed by atoms with E-state index in [0.717, 1.165) is 18.5 Å². The van der Waals surface area contributed by atoms with Crippen molar-refractivity contribution in [3.05, 3.63) is 54.5 Å². The Morgan fingerprint density at radius 2 is 2.21 bits per heavy atom. The molecule has 1 atom stereocenters. The molecule has 1 aromatic heterocycles. The molecule has 0 aliphatic heterocycles. The van der Waals surface area contributed by atoms with Crippen LogP contribution in [0.25, 0.3) is 0 Å². The molecule has 0 fully saturated rings. The first-order valence-corrected chi connectivity index (χ1v) is 8.35. The van der Waals surface area contributed by atoms with E-state index in [1.54, 1.807) is 23.5 Å². The number of rotatable bonds is 5. The highest BCUT2D eigenvalue weighted by atomic mass is 127. The van der Waals surface area contributed by atoms with Crippen LogP contribution < -0.4 is 5.32 Å². The van der Waals surface area contributed by atoms with Crippen LogP contribution >= 0.6 is 45.5 Å². The summed E-state index contributed by atoms with van der Waals surface area (Å²) in [5, 5.41) is 5.82. The monoisotopic (exact) mass is 409 g/mol. The van der Waals surface area contributed by atoms with Gasteiger partial charge in [-0.3, -0.25) is 0 Å². The molecule has 2 rings (SSSR count). The van der Waals surface area contributed by atoms with Gasteiger partial charge in [-0.25, -0.2) is 4.39 Å². The van der Waals surface area contributed by atoms with Gasteiger partial charge in [0.25, 0.3) is 0 Å². The van der Waals surface area contributed by atoms with E-state index < -0.39 is 0 Å². The Labute approximate surface area is 135 Å². The van der Waals surface area contributed by atoms with E-state index in [9.17, 15) is 4.39 Å². The zero-order valence-electron chi connectivity index (χ0n) is 10.4. The summed E-state index contributed by atoms with van der Waals surface area (Å²) in [7, 11) is 0. The van der Waals surface area contributed by atoms with Crippen molar-refractivity contribution in [2.24, 2.45) is 0 Å². The second-order valence-corrected chi connectivity index (χ2v) is 7.46. The average Bonchev–Trinajstić information content (AvgIpc) is 2.80. The Kier molecular flexibility index (Phi) is 5.62. The van der Waals surface area contributed by atoms with Gasteiger partial charge in [-0.1, -0.05) is 24.6 Å². The van der Waals surface area contributed by atoms with Gasteiger partial charge in [0.15, 0.2) is 0 Å². The molecular weight excluding hydrogens is 396 g/mol. The molecule has 2 aromatic rings. The quantitative estimate of drug-likeness (QED) is 0.682. The first-order valence-electron chi connectivity index (χ1n) is 6.01. The fourth-order valence-corrected chi connectivity index (χ4v) is 3.59. The van der Waals surface area contributed by atoms with Crippen molar-refractivity contribution in [2.45, 2.75) is 19.4 Å². The predicted molar refractivity (Wildman–Crippen MR) is 88.6 cm³/mol. The molecule has 1 unspecified atom stereocenters. The molecule has 0 saturated heterocycles. The lowest BCUT2D eigenvalue weighted by Crippen LogP contribution is -2.22. The molecule has 1 N–H and O–H groups in total. The van der Waals surface area contributed by atoms with Crippen molar-refractivity contribution in [1.82, 2.24) is 5.32 Å². The van der Waals surface area contributed by atoms with Crippen LogP contribution in [-0.4, -0.2) is 6.54 Å². The number of nitrogens with one attached hydrogen (secondary N) is 1. The normalized spacial score (nSPS) is 12.6. The van der Waals surface area contributed by atoms with E-state index in [4.69, 9.17) is 11.6 Å². The molecule has 0 radical (unpaired) electrons. The maximum atomic E-state index is 13.2. The molecule has 102 valence electrons. The summed E-state index contributed by atoms with van der Waals surface area (Å²) >= 11 is 9.89. The molecule has 5 heteroatoms.